The van der Waals surface area contributed by atoms with E-state index in [-0.39, 0.29) is 4.90 Å². The lowest BCUT2D eigenvalue weighted by molar-refractivity contribution is 0.402. The van der Waals surface area contributed by atoms with Gasteiger partial charge in [0.15, 0.2) is 0 Å². The van der Waals surface area contributed by atoms with E-state index in [1.807, 2.05) is 45.2 Å². The fourth-order valence-electron chi connectivity index (χ4n) is 2.97. The molecule has 2 aromatic rings. The van der Waals surface area contributed by atoms with Crippen molar-refractivity contribution in [1.82, 2.24) is 0 Å². The first-order chi connectivity index (χ1) is 11.4. The average molecular weight is 346 g/mol. The molecule has 0 spiro atoms. The van der Waals surface area contributed by atoms with Gasteiger partial charge in [0.25, 0.3) is 10.0 Å². The zero-order valence-electron chi connectivity index (χ0n) is 14.4. The molecule has 0 unspecified atom stereocenters. The topological polar surface area (TPSA) is 49.9 Å². The van der Waals surface area contributed by atoms with E-state index in [1.54, 1.807) is 12.1 Å². The van der Waals surface area contributed by atoms with Gasteiger partial charge >= 0.3 is 0 Å². The van der Waals surface area contributed by atoms with E-state index in [2.05, 4.69) is 4.90 Å². The Morgan fingerprint density at radius 2 is 1.62 bits per heavy atom. The summed E-state index contributed by atoms with van der Waals surface area (Å²) in [5, 5.41) is 0. The van der Waals surface area contributed by atoms with Crippen LogP contribution in [0.4, 0.5) is 11.4 Å². The van der Waals surface area contributed by atoms with Crippen molar-refractivity contribution in [3.8, 4) is 5.75 Å². The third-order valence-electron chi connectivity index (χ3n) is 4.55. The van der Waals surface area contributed by atoms with E-state index < -0.39 is 10.0 Å². The molecule has 128 valence electrons. The second-order valence-electron chi connectivity index (χ2n) is 6.07. The second kappa shape index (κ2) is 6.02. The van der Waals surface area contributed by atoms with E-state index in [0.717, 1.165) is 16.8 Å². The van der Waals surface area contributed by atoms with Gasteiger partial charge in [0.2, 0.25) is 0 Å². The van der Waals surface area contributed by atoms with E-state index in [9.17, 15) is 8.42 Å². The Labute approximate surface area is 143 Å². The summed E-state index contributed by atoms with van der Waals surface area (Å²) in [7, 11) is -0.227. The molecule has 0 radical (unpaired) electrons. The number of para-hydroxylation sites is 2. The van der Waals surface area contributed by atoms with Gasteiger partial charge in [-0.3, -0.25) is 4.31 Å². The van der Waals surface area contributed by atoms with Gasteiger partial charge in [-0.1, -0.05) is 12.1 Å². The monoisotopic (exact) mass is 346 g/mol. The SMILES string of the molecule is COc1cc(C)c(C)cc1S(=O)(=O)N1CCN(C)c2ccccc21. The fraction of sp³-hybridized carbons (Fsp3) is 0.333. The smallest absolute Gasteiger partial charge is 0.268 e. The highest BCUT2D eigenvalue weighted by molar-refractivity contribution is 7.93. The van der Waals surface area contributed by atoms with E-state index >= 15 is 0 Å². The number of hydrogen-bond acceptors (Lipinski definition) is 4. The molecular formula is C18H22N2O3S. The zero-order chi connectivity index (χ0) is 17.5. The summed E-state index contributed by atoms with van der Waals surface area (Å²) >= 11 is 0. The van der Waals surface area contributed by atoms with E-state index in [4.69, 9.17) is 4.74 Å². The lowest BCUT2D eigenvalue weighted by Crippen LogP contribution is -2.42. The number of fused-ring (bicyclic) bond motifs is 1. The van der Waals surface area contributed by atoms with Crippen molar-refractivity contribution in [3.05, 3.63) is 47.5 Å². The van der Waals surface area contributed by atoms with E-state index in [0.29, 0.717) is 24.5 Å². The van der Waals surface area contributed by atoms with Crippen LogP contribution in [0.3, 0.4) is 0 Å². The number of nitrogens with zero attached hydrogens (tertiary/aromatic N) is 2. The maximum atomic E-state index is 13.3. The summed E-state index contributed by atoms with van der Waals surface area (Å²) in [4.78, 5) is 2.28. The van der Waals surface area contributed by atoms with Gasteiger partial charge in [-0.25, -0.2) is 8.42 Å². The van der Waals surface area contributed by atoms with Gasteiger partial charge in [-0.2, -0.15) is 0 Å². The molecule has 0 bridgehead atoms. The number of sulfonamides is 1. The number of benzene rings is 2. The van der Waals surface area contributed by atoms with Crippen LogP contribution in [0.1, 0.15) is 11.1 Å². The number of rotatable bonds is 3. The highest BCUT2D eigenvalue weighted by Gasteiger charge is 2.33. The molecule has 24 heavy (non-hydrogen) atoms. The van der Waals surface area contributed by atoms with Gasteiger partial charge in [-0.05, 0) is 49.2 Å². The molecule has 0 N–H and O–H groups in total. The Hall–Kier alpha value is -2.21. The molecule has 0 atom stereocenters. The quantitative estimate of drug-likeness (QED) is 0.857. The Morgan fingerprint density at radius 1 is 1.00 bits per heavy atom. The molecule has 0 aliphatic carbocycles. The number of methoxy groups -OCH3 is 1. The van der Waals surface area contributed by atoms with Gasteiger partial charge in [-0.15, -0.1) is 0 Å². The van der Waals surface area contributed by atoms with E-state index in [1.165, 1.54) is 11.4 Å². The summed E-state index contributed by atoms with van der Waals surface area (Å²) in [6.45, 7) is 4.90. The lowest BCUT2D eigenvalue weighted by Gasteiger charge is -2.36. The van der Waals surface area contributed by atoms with Crippen molar-refractivity contribution in [2.75, 3.05) is 36.5 Å². The summed E-state index contributed by atoms with van der Waals surface area (Å²) in [6, 6.07) is 11.0. The molecule has 1 heterocycles. The molecule has 2 aromatic carbocycles. The summed E-state index contributed by atoms with van der Waals surface area (Å²) in [6.07, 6.45) is 0. The number of ether oxygens (including phenoxy) is 1. The van der Waals surface area contributed by atoms with Crippen LogP contribution in [0.2, 0.25) is 0 Å². The minimum absolute atomic E-state index is 0.215. The third kappa shape index (κ3) is 2.60. The fourth-order valence-corrected chi connectivity index (χ4v) is 4.67. The highest BCUT2D eigenvalue weighted by atomic mass is 32.2. The molecule has 0 saturated carbocycles. The maximum absolute atomic E-state index is 13.3. The van der Waals surface area contributed by atoms with Crippen LogP contribution in [-0.4, -0.2) is 35.7 Å². The highest BCUT2D eigenvalue weighted by Crippen LogP contribution is 2.38. The normalized spacial score (nSPS) is 14.5. The van der Waals surface area contributed by atoms with Crippen molar-refractivity contribution in [2.45, 2.75) is 18.7 Å². The van der Waals surface area contributed by atoms with Crippen LogP contribution in [0.15, 0.2) is 41.3 Å². The Bertz CT molecular complexity index is 878. The van der Waals surface area contributed by atoms with Crippen LogP contribution < -0.4 is 13.9 Å². The number of aryl methyl sites for hydroxylation is 2. The predicted octanol–water partition coefficient (Wildman–Crippen LogP) is 2.96. The van der Waals surface area contributed by atoms with Gasteiger partial charge < -0.3 is 9.64 Å². The molecule has 1 aliphatic rings. The molecule has 0 fully saturated rings. The van der Waals surface area contributed by atoms with Crippen molar-refractivity contribution < 1.29 is 13.2 Å². The second-order valence-corrected chi connectivity index (χ2v) is 7.91. The van der Waals surface area contributed by atoms with Crippen molar-refractivity contribution in [2.24, 2.45) is 0 Å². The summed E-state index contributed by atoms with van der Waals surface area (Å²) < 4.78 is 33.5. The summed E-state index contributed by atoms with van der Waals surface area (Å²) in [5.74, 6) is 0.384. The van der Waals surface area contributed by atoms with Crippen LogP contribution in [0, 0.1) is 13.8 Å². The first-order valence-electron chi connectivity index (χ1n) is 7.84. The van der Waals surface area contributed by atoms with Crippen molar-refractivity contribution >= 4 is 21.4 Å². The molecule has 1 aliphatic heterocycles. The Kier molecular flexibility index (Phi) is 4.17. The van der Waals surface area contributed by atoms with Crippen molar-refractivity contribution in [3.63, 3.8) is 0 Å². The minimum atomic E-state index is -3.70. The molecule has 6 heteroatoms. The van der Waals surface area contributed by atoms with Gasteiger partial charge in [0.05, 0.1) is 25.0 Å². The molecule has 3 rings (SSSR count). The first kappa shape index (κ1) is 16.6. The largest absolute Gasteiger partial charge is 0.495 e. The Balaban J connectivity index is 2.17. The molecule has 0 saturated heterocycles. The third-order valence-corrected chi connectivity index (χ3v) is 6.38. The van der Waals surface area contributed by atoms with Crippen LogP contribution in [-0.2, 0) is 10.0 Å². The molecule has 0 aromatic heterocycles. The number of hydrogen-bond donors (Lipinski definition) is 0. The molecular weight excluding hydrogens is 324 g/mol. The van der Waals surface area contributed by atoms with Crippen LogP contribution >= 0.6 is 0 Å². The maximum Gasteiger partial charge on any atom is 0.268 e. The predicted molar refractivity (Wildman–Crippen MR) is 96.7 cm³/mol. The number of anilines is 2. The average Bonchev–Trinajstić information content (AvgIpc) is 2.57. The first-order valence-corrected chi connectivity index (χ1v) is 9.28. The lowest BCUT2D eigenvalue weighted by atomic mass is 10.1. The molecule has 0 amide bonds. The minimum Gasteiger partial charge on any atom is -0.495 e. The van der Waals surface area contributed by atoms with Gasteiger partial charge in [0.1, 0.15) is 10.6 Å². The zero-order valence-corrected chi connectivity index (χ0v) is 15.2. The Morgan fingerprint density at radius 3 is 2.29 bits per heavy atom. The van der Waals surface area contributed by atoms with Gasteiger partial charge in [0, 0.05) is 13.6 Å². The van der Waals surface area contributed by atoms with Crippen LogP contribution in [0.5, 0.6) is 5.75 Å². The number of likely N-dealkylation sites (N-methyl/N-ethyl adjacent to an activating group) is 1. The van der Waals surface area contributed by atoms with Crippen LogP contribution in [0.25, 0.3) is 0 Å². The standard InChI is InChI=1S/C18H22N2O3S/c1-13-11-17(23-4)18(12-14(13)2)24(21,22)20-10-9-19(3)15-7-5-6-8-16(15)20/h5-8,11-12H,9-10H2,1-4H3. The van der Waals surface area contributed by atoms with Crippen molar-refractivity contribution in [1.29, 1.82) is 0 Å². The molecule has 5 nitrogen and oxygen atoms in total. The summed E-state index contributed by atoms with van der Waals surface area (Å²) in [5.41, 5.74) is 3.54.